The standard InChI is InChI=1S/C11H15NO/c1-12(2)10-7-9-5-3-4-6-11(9)13-8-10/h3-6,10H,7-8H2,1-2H3. The molecule has 0 bridgehead atoms. The summed E-state index contributed by atoms with van der Waals surface area (Å²) in [5.74, 6) is 1.06. The van der Waals surface area contributed by atoms with Crippen molar-refractivity contribution in [2.75, 3.05) is 20.7 Å². The molecule has 0 saturated carbocycles. The van der Waals surface area contributed by atoms with Crippen molar-refractivity contribution in [2.45, 2.75) is 12.5 Å². The van der Waals surface area contributed by atoms with Gasteiger partial charge in [0.1, 0.15) is 12.4 Å². The van der Waals surface area contributed by atoms with Crippen LogP contribution in [0.25, 0.3) is 0 Å². The molecule has 1 aromatic rings. The maximum Gasteiger partial charge on any atom is 0.122 e. The molecule has 1 aliphatic heterocycles. The molecule has 2 rings (SSSR count). The van der Waals surface area contributed by atoms with Gasteiger partial charge in [0.05, 0.1) is 0 Å². The predicted molar refractivity (Wildman–Crippen MR) is 53.1 cm³/mol. The lowest BCUT2D eigenvalue weighted by Crippen LogP contribution is -2.38. The lowest BCUT2D eigenvalue weighted by molar-refractivity contribution is 0.165. The molecule has 1 aromatic carbocycles. The smallest absolute Gasteiger partial charge is 0.122 e. The monoisotopic (exact) mass is 177 g/mol. The van der Waals surface area contributed by atoms with Crippen LogP contribution < -0.4 is 4.74 Å². The van der Waals surface area contributed by atoms with Crippen molar-refractivity contribution in [1.29, 1.82) is 0 Å². The number of hydrogen-bond donors (Lipinski definition) is 0. The normalized spacial score (nSPS) is 21.0. The highest BCUT2D eigenvalue weighted by molar-refractivity contribution is 5.35. The molecular formula is C11H15NO. The van der Waals surface area contributed by atoms with Crippen molar-refractivity contribution in [1.82, 2.24) is 4.90 Å². The summed E-state index contributed by atoms with van der Waals surface area (Å²) in [5, 5.41) is 0. The van der Waals surface area contributed by atoms with Gasteiger partial charge in [-0.2, -0.15) is 0 Å². The van der Waals surface area contributed by atoms with Crippen molar-refractivity contribution in [2.24, 2.45) is 0 Å². The molecule has 0 fully saturated rings. The Kier molecular flexibility index (Phi) is 2.23. The second-order valence-electron chi connectivity index (χ2n) is 3.74. The molecule has 13 heavy (non-hydrogen) atoms. The summed E-state index contributed by atoms with van der Waals surface area (Å²) in [6.45, 7) is 0.810. The zero-order chi connectivity index (χ0) is 9.26. The summed E-state index contributed by atoms with van der Waals surface area (Å²) in [7, 11) is 4.20. The van der Waals surface area contributed by atoms with Gasteiger partial charge in [0.15, 0.2) is 0 Å². The fraction of sp³-hybridized carbons (Fsp3) is 0.455. The van der Waals surface area contributed by atoms with E-state index in [2.05, 4.69) is 31.1 Å². The first-order chi connectivity index (χ1) is 6.27. The summed E-state index contributed by atoms with van der Waals surface area (Å²) >= 11 is 0. The van der Waals surface area contributed by atoms with Crippen LogP contribution in [0.1, 0.15) is 5.56 Å². The van der Waals surface area contributed by atoms with E-state index in [1.807, 2.05) is 12.1 Å². The van der Waals surface area contributed by atoms with Crippen LogP contribution in [0.3, 0.4) is 0 Å². The Hall–Kier alpha value is -1.02. The number of benzene rings is 1. The minimum absolute atomic E-state index is 0.523. The van der Waals surface area contributed by atoms with Gasteiger partial charge in [-0.25, -0.2) is 0 Å². The molecule has 1 aliphatic rings. The van der Waals surface area contributed by atoms with Crippen LogP contribution in [0.15, 0.2) is 24.3 Å². The van der Waals surface area contributed by atoms with E-state index in [0.717, 1.165) is 18.8 Å². The predicted octanol–water partition coefficient (Wildman–Crippen LogP) is 1.55. The number of hydrogen-bond acceptors (Lipinski definition) is 2. The van der Waals surface area contributed by atoms with Crippen LogP contribution >= 0.6 is 0 Å². The fourth-order valence-corrected chi connectivity index (χ4v) is 1.64. The largest absolute Gasteiger partial charge is 0.492 e. The van der Waals surface area contributed by atoms with Crippen LogP contribution in [-0.4, -0.2) is 31.6 Å². The molecule has 2 heteroatoms. The quantitative estimate of drug-likeness (QED) is 0.645. The molecule has 0 saturated heterocycles. The summed E-state index contributed by atoms with van der Waals surface area (Å²) in [6, 6.07) is 8.80. The van der Waals surface area contributed by atoms with Gasteiger partial charge in [0.2, 0.25) is 0 Å². The molecule has 0 spiro atoms. The lowest BCUT2D eigenvalue weighted by atomic mass is 10.0. The van der Waals surface area contributed by atoms with Crippen LogP contribution in [-0.2, 0) is 6.42 Å². The van der Waals surface area contributed by atoms with Gasteiger partial charge in [-0.3, -0.25) is 0 Å². The van der Waals surface area contributed by atoms with Gasteiger partial charge in [0, 0.05) is 6.04 Å². The molecule has 0 aromatic heterocycles. The van der Waals surface area contributed by atoms with Gasteiger partial charge < -0.3 is 9.64 Å². The van der Waals surface area contributed by atoms with Crippen molar-refractivity contribution >= 4 is 0 Å². The summed E-state index contributed by atoms with van der Waals surface area (Å²) in [6.07, 6.45) is 1.10. The Labute approximate surface area is 79.1 Å². The highest BCUT2D eigenvalue weighted by Crippen LogP contribution is 2.24. The van der Waals surface area contributed by atoms with Crippen molar-refractivity contribution in [3.8, 4) is 5.75 Å². The minimum atomic E-state index is 0.523. The first-order valence-electron chi connectivity index (χ1n) is 4.64. The van der Waals surface area contributed by atoms with Crippen molar-refractivity contribution in [3.05, 3.63) is 29.8 Å². The number of ether oxygens (including phenoxy) is 1. The topological polar surface area (TPSA) is 12.5 Å². The van der Waals surface area contributed by atoms with E-state index in [9.17, 15) is 0 Å². The number of para-hydroxylation sites is 1. The van der Waals surface area contributed by atoms with Crippen LogP contribution in [0, 0.1) is 0 Å². The molecule has 0 radical (unpaired) electrons. The Morgan fingerprint density at radius 1 is 1.31 bits per heavy atom. The Balaban J connectivity index is 2.20. The number of likely N-dealkylation sites (N-methyl/N-ethyl adjacent to an activating group) is 1. The molecule has 0 amide bonds. The SMILES string of the molecule is CN(C)C1COc2ccccc2C1. The van der Waals surface area contributed by atoms with Gasteiger partial charge in [0.25, 0.3) is 0 Å². The molecule has 0 aliphatic carbocycles. The van der Waals surface area contributed by atoms with E-state index in [0.29, 0.717) is 6.04 Å². The molecule has 1 heterocycles. The second kappa shape index (κ2) is 3.38. The van der Waals surface area contributed by atoms with Crippen LogP contribution in [0.4, 0.5) is 0 Å². The number of nitrogens with zero attached hydrogens (tertiary/aromatic N) is 1. The molecule has 2 nitrogen and oxygen atoms in total. The van der Waals surface area contributed by atoms with Gasteiger partial charge in [-0.1, -0.05) is 18.2 Å². The molecular weight excluding hydrogens is 162 g/mol. The molecule has 70 valence electrons. The minimum Gasteiger partial charge on any atom is -0.492 e. The van der Waals surface area contributed by atoms with Gasteiger partial charge in [-0.05, 0) is 32.1 Å². The zero-order valence-electron chi connectivity index (χ0n) is 8.16. The molecule has 0 N–H and O–H groups in total. The van der Waals surface area contributed by atoms with Gasteiger partial charge >= 0.3 is 0 Å². The first kappa shape index (κ1) is 8.57. The summed E-state index contributed by atoms with van der Waals surface area (Å²) in [5.41, 5.74) is 1.33. The maximum absolute atomic E-state index is 5.66. The van der Waals surface area contributed by atoms with E-state index in [1.54, 1.807) is 0 Å². The van der Waals surface area contributed by atoms with Crippen molar-refractivity contribution in [3.63, 3.8) is 0 Å². The van der Waals surface area contributed by atoms with Gasteiger partial charge in [-0.15, -0.1) is 0 Å². The average Bonchev–Trinajstić information content (AvgIpc) is 2.17. The third-order valence-corrected chi connectivity index (χ3v) is 2.59. The number of rotatable bonds is 1. The van der Waals surface area contributed by atoms with Crippen LogP contribution in [0.2, 0.25) is 0 Å². The summed E-state index contributed by atoms with van der Waals surface area (Å²) in [4.78, 5) is 2.22. The van der Waals surface area contributed by atoms with E-state index >= 15 is 0 Å². The third kappa shape index (κ3) is 1.68. The Bertz CT molecular complexity index is 296. The first-order valence-corrected chi connectivity index (χ1v) is 4.64. The third-order valence-electron chi connectivity index (χ3n) is 2.59. The molecule has 1 atom stereocenters. The maximum atomic E-state index is 5.66. The lowest BCUT2D eigenvalue weighted by Gasteiger charge is -2.29. The summed E-state index contributed by atoms with van der Waals surface area (Å²) < 4.78 is 5.66. The Morgan fingerprint density at radius 3 is 2.85 bits per heavy atom. The van der Waals surface area contributed by atoms with E-state index < -0.39 is 0 Å². The second-order valence-corrected chi connectivity index (χ2v) is 3.74. The van der Waals surface area contributed by atoms with Crippen LogP contribution in [0.5, 0.6) is 5.75 Å². The van der Waals surface area contributed by atoms with E-state index in [-0.39, 0.29) is 0 Å². The zero-order valence-corrected chi connectivity index (χ0v) is 8.16. The highest BCUT2D eigenvalue weighted by Gasteiger charge is 2.20. The molecule has 1 unspecified atom stereocenters. The fourth-order valence-electron chi connectivity index (χ4n) is 1.64. The van der Waals surface area contributed by atoms with E-state index in [1.165, 1.54) is 5.56 Å². The average molecular weight is 177 g/mol. The Morgan fingerprint density at radius 2 is 2.08 bits per heavy atom. The number of fused-ring (bicyclic) bond motifs is 1. The van der Waals surface area contributed by atoms with E-state index in [4.69, 9.17) is 4.74 Å². The highest BCUT2D eigenvalue weighted by atomic mass is 16.5. The van der Waals surface area contributed by atoms with Crippen molar-refractivity contribution < 1.29 is 4.74 Å².